The molecule has 3 aromatic rings. The van der Waals surface area contributed by atoms with Crippen LogP contribution in [0.25, 0.3) is 0 Å². The Bertz CT molecular complexity index is 1250. The zero-order valence-electron chi connectivity index (χ0n) is 22.4. The molecule has 2 atom stereocenters. The Morgan fingerprint density at radius 1 is 0.974 bits per heavy atom. The zero-order chi connectivity index (χ0) is 27.9. The Balaban J connectivity index is 1.59. The van der Waals surface area contributed by atoms with E-state index in [1.807, 2.05) is 76.3 Å². The summed E-state index contributed by atoms with van der Waals surface area (Å²) in [4.78, 5) is 25.9. The Hall–Kier alpha value is -3.88. The van der Waals surface area contributed by atoms with Crippen molar-refractivity contribution in [1.29, 1.82) is 0 Å². The van der Waals surface area contributed by atoms with Crippen LogP contribution in [0.4, 0.5) is 10.5 Å². The van der Waals surface area contributed by atoms with E-state index in [0.717, 1.165) is 16.7 Å². The number of urea groups is 1. The lowest BCUT2D eigenvalue weighted by Gasteiger charge is -2.28. The van der Waals surface area contributed by atoms with Gasteiger partial charge in [0.1, 0.15) is 5.75 Å². The van der Waals surface area contributed by atoms with Gasteiger partial charge >= 0.3 is 6.03 Å². The molecular formula is C30H38N4O4. The van der Waals surface area contributed by atoms with Gasteiger partial charge in [-0.3, -0.25) is 4.79 Å². The molecule has 3 aromatic carbocycles. The summed E-state index contributed by atoms with van der Waals surface area (Å²) in [6.45, 7) is 6.38. The number of amides is 3. The molecule has 8 heteroatoms. The number of aromatic hydroxyl groups is 1. The molecule has 0 aromatic heterocycles. The molecule has 8 nitrogen and oxygen atoms in total. The molecule has 3 rings (SSSR count). The number of aliphatic hydroxyl groups is 1. The fraction of sp³-hybridized carbons (Fsp3) is 0.333. The number of β-amino-alcohol motifs (C(OH)–C–C–N with tert-alkyl or cyclic N) is 1. The minimum atomic E-state index is -0.866. The van der Waals surface area contributed by atoms with Gasteiger partial charge in [0, 0.05) is 19.1 Å². The average Bonchev–Trinajstić information content (AvgIpc) is 2.88. The van der Waals surface area contributed by atoms with Gasteiger partial charge in [-0.1, -0.05) is 60.7 Å². The number of phenolic OH excluding ortho intramolecular Hbond substituents is 1. The lowest BCUT2D eigenvalue weighted by molar-refractivity contribution is -0.131. The van der Waals surface area contributed by atoms with Gasteiger partial charge in [-0.05, 0) is 61.6 Å². The van der Waals surface area contributed by atoms with Gasteiger partial charge in [-0.2, -0.15) is 0 Å². The topological polar surface area (TPSA) is 128 Å². The number of aliphatic hydroxyl groups excluding tert-OH is 1. The highest BCUT2D eigenvalue weighted by molar-refractivity contribution is 5.89. The van der Waals surface area contributed by atoms with Crippen LogP contribution in [-0.2, 0) is 17.6 Å². The summed E-state index contributed by atoms with van der Waals surface area (Å²) < 4.78 is 0. The number of phenols is 1. The Labute approximate surface area is 224 Å². The minimum absolute atomic E-state index is 0.0160. The summed E-state index contributed by atoms with van der Waals surface area (Å²) in [5, 5.41) is 26.3. The molecule has 0 saturated carbocycles. The quantitative estimate of drug-likeness (QED) is 0.242. The van der Waals surface area contributed by atoms with Crippen LogP contribution >= 0.6 is 0 Å². The van der Waals surface area contributed by atoms with Crippen molar-refractivity contribution in [2.24, 2.45) is 5.73 Å². The molecule has 6 N–H and O–H groups in total. The summed E-state index contributed by atoms with van der Waals surface area (Å²) in [5.41, 5.74) is 8.59. The van der Waals surface area contributed by atoms with Crippen molar-refractivity contribution >= 4 is 17.6 Å². The van der Waals surface area contributed by atoms with Gasteiger partial charge in [0.25, 0.3) is 0 Å². The molecule has 0 aliphatic rings. The first-order valence-electron chi connectivity index (χ1n) is 12.7. The van der Waals surface area contributed by atoms with Crippen LogP contribution in [0.1, 0.15) is 55.2 Å². The summed E-state index contributed by atoms with van der Waals surface area (Å²) in [6, 6.07) is 21.7. The number of benzene rings is 3. The third kappa shape index (κ3) is 8.06. The predicted molar refractivity (Wildman–Crippen MR) is 150 cm³/mol. The number of nitrogens with one attached hydrogen (secondary N) is 2. The van der Waals surface area contributed by atoms with Crippen molar-refractivity contribution in [1.82, 2.24) is 10.2 Å². The molecule has 3 amide bonds. The number of primary amides is 1. The van der Waals surface area contributed by atoms with Crippen molar-refractivity contribution in [3.05, 3.63) is 95.1 Å². The smallest absolute Gasteiger partial charge is 0.316 e. The molecule has 202 valence electrons. The minimum Gasteiger partial charge on any atom is -0.506 e. The molecule has 0 aliphatic heterocycles. The van der Waals surface area contributed by atoms with Crippen molar-refractivity contribution in [3.63, 3.8) is 0 Å². The van der Waals surface area contributed by atoms with E-state index in [4.69, 9.17) is 5.73 Å². The van der Waals surface area contributed by atoms with Crippen molar-refractivity contribution < 1.29 is 19.8 Å². The van der Waals surface area contributed by atoms with E-state index >= 15 is 0 Å². The molecule has 0 heterocycles. The SMILES string of the molecule is C[C@@H](c1ccccc1)N(C)C(=O)Cc1cccc(CC(C)(C)NC[C@H](O)c2ccc(O)c(NC(N)=O)c2)c1. The number of carbonyl (C=O) groups is 2. The maximum Gasteiger partial charge on any atom is 0.316 e. The van der Waals surface area contributed by atoms with Crippen LogP contribution < -0.4 is 16.4 Å². The maximum absolute atomic E-state index is 13.0. The number of nitrogens with two attached hydrogens (primary N) is 1. The third-order valence-corrected chi connectivity index (χ3v) is 6.69. The number of hydrogen-bond donors (Lipinski definition) is 5. The number of carbonyl (C=O) groups excluding carboxylic acids is 2. The Morgan fingerprint density at radius 2 is 1.66 bits per heavy atom. The lowest BCUT2D eigenvalue weighted by atomic mass is 9.93. The van der Waals surface area contributed by atoms with Gasteiger partial charge in [0.05, 0.1) is 24.3 Å². The molecule has 0 saturated heterocycles. The highest BCUT2D eigenvalue weighted by Gasteiger charge is 2.22. The number of anilines is 1. The fourth-order valence-electron chi connectivity index (χ4n) is 4.38. The van der Waals surface area contributed by atoms with Crippen molar-refractivity contribution in [2.45, 2.75) is 51.3 Å². The number of rotatable bonds is 11. The highest BCUT2D eigenvalue weighted by Crippen LogP contribution is 2.27. The molecule has 0 unspecified atom stereocenters. The molecular weight excluding hydrogens is 480 g/mol. The molecule has 0 fully saturated rings. The summed E-state index contributed by atoms with van der Waals surface area (Å²) in [6.07, 6.45) is 0.132. The van der Waals surface area contributed by atoms with Crippen LogP contribution in [0.2, 0.25) is 0 Å². The molecule has 38 heavy (non-hydrogen) atoms. The monoisotopic (exact) mass is 518 g/mol. The zero-order valence-corrected chi connectivity index (χ0v) is 22.4. The van der Waals surface area contributed by atoms with E-state index in [2.05, 4.69) is 16.7 Å². The number of likely N-dealkylation sites (N-methyl/N-ethyl adjacent to an activating group) is 1. The number of nitrogens with zero attached hydrogens (tertiary/aromatic N) is 1. The van der Waals surface area contributed by atoms with Crippen molar-refractivity contribution in [2.75, 3.05) is 18.9 Å². The highest BCUT2D eigenvalue weighted by atomic mass is 16.3. The molecule has 0 radical (unpaired) electrons. The van der Waals surface area contributed by atoms with E-state index in [9.17, 15) is 19.8 Å². The van der Waals surface area contributed by atoms with Crippen LogP contribution in [-0.4, -0.2) is 46.2 Å². The standard InChI is InChI=1S/C30H38N4O4/c1-20(23-11-6-5-7-12-23)34(4)28(37)16-21-9-8-10-22(15-21)18-30(2,3)32-19-27(36)24-13-14-26(35)25(17-24)33-29(31)38/h5-15,17,20,27,32,35-36H,16,18-19H2,1-4H3,(H3,31,33,38)/t20-,27-/m0/s1. The van der Waals surface area contributed by atoms with Crippen LogP contribution in [0.15, 0.2) is 72.8 Å². The van der Waals surface area contributed by atoms with E-state index in [1.54, 1.807) is 11.0 Å². The predicted octanol–water partition coefficient (Wildman–Crippen LogP) is 4.29. The third-order valence-electron chi connectivity index (χ3n) is 6.69. The van der Waals surface area contributed by atoms with E-state index in [0.29, 0.717) is 18.4 Å². The Kier molecular flexibility index (Phi) is 9.50. The number of hydrogen-bond acceptors (Lipinski definition) is 5. The van der Waals surface area contributed by atoms with Gasteiger partial charge in [-0.15, -0.1) is 0 Å². The largest absolute Gasteiger partial charge is 0.506 e. The molecule has 0 aliphatic carbocycles. The lowest BCUT2D eigenvalue weighted by Crippen LogP contribution is -2.43. The van der Waals surface area contributed by atoms with Gasteiger partial charge in [0.15, 0.2) is 0 Å². The van der Waals surface area contributed by atoms with Gasteiger partial charge in [-0.25, -0.2) is 4.79 Å². The van der Waals surface area contributed by atoms with Gasteiger partial charge in [0.2, 0.25) is 5.91 Å². The van der Waals surface area contributed by atoms with Crippen molar-refractivity contribution in [3.8, 4) is 5.75 Å². The summed E-state index contributed by atoms with van der Waals surface area (Å²) in [5.74, 6) is -0.0785. The maximum atomic E-state index is 13.0. The fourth-order valence-corrected chi connectivity index (χ4v) is 4.38. The summed E-state index contributed by atoms with van der Waals surface area (Å²) >= 11 is 0. The van der Waals surface area contributed by atoms with Crippen LogP contribution in [0, 0.1) is 0 Å². The average molecular weight is 519 g/mol. The molecule has 0 bridgehead atoms. The van der Waals surface area contributed by atoms with Crippen LogP contribution in [0.3, 0.4) is 0 Å². The van der Waals surface area contributed by atoms with E-state index in [1.165, 1.54) is 12.1 Å². The van der Waals surface area contributed by atoms with Crippen LogP contribution in [0.5, 0.6) is 5.75 Å². The van der Waals surface area contributed by atoms with E-state index < -0.39 is 12.1 Å². The first-order valence-corrected chi connectivity index (χ1v) is 12.7. The second kappa shape index (κ2) is 12.6. The van der Waals surface area contributed by atoms with Gasteiger partial charge < -0.3 is 31.5 Å². The first kappa shape index (κ1) is 28.7. The Morgan fingerprint density at radius 3 is 2.34 bits per heavy atom. The second-order valence-corrected chi connectivity index (χ2v) is 10.3. The summed E-state index contributed by atoms with van der Waals surface area (Å²) in [7, 11) is 1.84. The normalized spacial score (nSPS) is 13.0. The molecule has 0 spiro atoms. The second-order valence-electron chi connectivity index (χ2n) is 10.3. The van der Waals surface area contributed by atoms with E-state index in [-0.39, 0.29) is 35.5 Å². The first-order chi connectivity index (χ1) is 17.9.